The predicted molar refractivity (Wildman–Crippen MR) is 47.1 cm³/mol. The molecule has 5 heteroatoms. The van der Waals surface area contributed by atoms with Crippen LogP contribution in [0.2, 0.25) is 0 Å². The van der Waals surface area contributed by atoms with E-state index in [0.29, 0.717) is 11.0 Å². The third-order valence-electron chi connectivity index (χ3n) is 2.04. The molecule has 2 heterocycles. The van der Waals surface area contributed by atoms with E-state index in [2.05, 4.69) is 9.97 Å². The van der Waals surface area contributed by atoms with E-state index in [9.17, 15) is 8.78 Å². The molecule has 0 saturated carbocycles. The van der Waals surface area contributed by atoms with Crippen molar-refractivity contribution in [3.63, 3.8) is 0 Å². The van der Waals surface area contributed by atoms with Gasteiger partial charge >= 0.3 is 0 Å². The van der Waals surface area contributed by atoms with Crippen LogP contribution < -0.4 is 0 Å². The van der Waals surface area contributed by atoms with Gasteiger partial charge in [-0.05, 0) is 12.1 Å². The van der Waals surface area contributed by atoms with Crippen LogP contribution in [0.5, 0.6) is 0 Å². The number of alkyl halides is 2. The highest BCUT2D eigenvalue weighted by Gasteiger charge is 2.33. The quantitative estimate of drug-likeness (QED) is 0.770. The minimum absolute atomic E-state index is 0.219. The zero-order chi connectivity index (χ0) is 10.2. The highest BCUT2D eigenvalue weighted by Crippen LogP contribution is 2.32. The van der Waals surface area contributed by atoms with E-state index in [1.54, 1.807) is 6.07 Å². The van der Waals surface area contributed by atoms with E-state index in [4.69, 9.17) is 5.11 Å². The lowest BCUT2D eigenvalue weighted by Crippen LogP contribution is -2.17. The van der Waals surface area contributed by atoms with Crippen molar-refractivity contribution in [2.24, 2.45) is 0 Å². The number of aromatic nitrogens is 2. The number of fused-ring (bicyclic) bond motifs is 1. The van der Waals surface area contributed by atoms with Crippen LogP contribution in [0.1, 0.15) is 5.56 Å². The van der Waals surface area contributed by atoms with Gasteiger partial charge in [0.05, 0.1) is 5.56 Å². The molecule has 2 aromatic rings. The van der Waals surface area contributed by atoms with Gasteiger partial charge in [-0.2, -0.15) is 8.78 Å². The maximum absolute atomic E-state index is 13.2. The van der Waals surface area contributed by atoms with Crippen molar-refractivity contribution in [3.8, 4) is 0 Å². The zero-order valence-electron chi connectivity index (χ0n) is 7.17. The SMILES string of the molecule is OCC(F)(F)c1c[nH]c2ncccc12. The summed E-state index contributed by atoms with van der Waals surface area (Å²) >= 11 is 0. The van der Waals surface area contributed by atoms with Crippen LogP contribution in [0.4, 0.5) is 8.78 Å². The van der Waals surface area contributed by atoms with Gasteiger partial charge in [0.25, 0.3) is 5.92 Å². The van der Waals surface area contributed by atoms with Crippen molar-refractivity contribution in [3.05, 3.63) is 30.1 Å². The van der Waals surface area contributed by atoms with Crippen LogP contribution >= 0.6 is 0 Å². The van der Waals surface area contributed by atoms with Gasteiger partial charge in [-0.25, -0.2) is 4.98 Å². The number of aliphatic hydroxyl groups excluding tert-OH is 1. The van der Waals surface area contributed by atoms with Crippen molar-refractivity contribution in [1.29, 1.82) is 0 Å². The number of H-pyrrole nitrogens is 1. The largest absolute Gasteiger partial charge is 0.390 e. The number of hydrogen-bond acceptors (Lipinski definition) is 2. The summed E-state index contributed by atoms with van der Waals surface area (Å²) < 4.78 is 26.3. The first-order valence-corrected chi connectivity index (χ1v) is 4.06. The molecule has 74 valence electrons. The molecular weight excluding hydrogens is 190 g/mol. The smallest absolute Gasteiger partial charge is 0.297 e. The summed E-state index contributed by atoms with van der Waals surface area (Å²) in [6, 6.07) is 3.12. The Morgan fingerprint density at radius 3 is 3.00 bits per heavy atom. The molecule has 0 spiro atoms. The van der Waals surface area contributed by atoms with Crippen LogP contribution in [0, 0.1) is 0 Å². The summed E-state index contributed by atoms with van der Waals surface area (Å²) in [7, 11) is 0. The first-order chi connectivity index (χ1) is 6.65. The Balaban J connectivity index is 2.64. The Hall–Kier alpha value is -1.49. The fraction of sp³-hybridized carbons (Fsp3) is 0.222. The van der Waals surface area contributed by atoms with E-state index >= 15 is 0 Å². The van der Waals surface area contributed by atoms with Gasteiger partial charge < -0.3 is 10.1 Å². The number of halogens is 2. The fourth-order valence-electron chi connectivity index (χ4n) is 1.34. The van der Waals surface area contributed by atoms with E-state index in [1.165, 1.54) is 18.5 Å². The Morgan fingerprint density at radius 2 is 2.29 bits per heavy atom. The average Bonchev–Trinajstić information content (AvgIpc) is 2.61. The number of aromatic amines is 1. The van der Waals surface area contributed by atoms with Crippen LogP contribution in [0.3, 0.4) is 0 Å². The lowest BCUT2D eigenvalue weighted by Gasteiger charge is -2.11. The Bertz CT molecular complexity index is 453. The van der Waals surface area contributed by atoms with Crippen molar-refractivity contribution < 1.29 is 13.9 Å². The monoisotopic (exact) mass is 198 g/mol. The molecule has 0 amide bonds. The van der Waals surface area contributed by atoms with E-state index < -0.39 is 12.5 Å². The Labute approximate surface area is 78.4 Å². The molecule has 0 aromatic carbocycles. The molecule has 0 aliphatic rings. The number of hydrogen-bond donors (Lipinski definition) is 2. The second-order valence-electron chi connectivity index (χ2n) is 2.96. The summed E-state index contributed by atoms with van der Waals surface area (Å²) in [5, 5.41) is 8.88. The maximum Gasteiger partial charge on any atom is 0.297 e. The van der Waals surface area contributed by atoms with Crippen LogP contribution in [0.25, 0.3) is 11.0 Å². The van der Waals surface area contributed by atoms with E-state index in [1.807, 2.05) is 0 Å². The van der Waals surface area contributed by atoms with Crippen LogP contribution in [-0.4, -0.2) is 21.7 Å². The summed E-state index contributed by atoms with van der Waals surface area (Å²) in [5.74, 6) is -3.22. The second kappa shape index (κ2) is 3.02. The van der Waals surface area contributed by atoms with Gasteiger partial charge in [0.15, 0.2) is 0 Å². The Kier molecular flexibility index (Phi) is 1.96. The number of pyridine rings is 1. The summed E-state index contributed by atoms with van der Waals surface area (Å²) in [5.41, 5.74) is 0.179. The van der Waals surface area contributed by atoms with Gasteiger partial charge in [-0.1, -0.05) is 0 Å². The molecule has 3 nitrogen and oxygen atoms in total. The highest BCUT2D eigenvalue weighted by atomic mass is 19.3. The van der Waals surface area contributed by atoms with Gasteiger partial charge in [-0.15, -0.1) is 0 Å². The molecule has 0 atom stereocenters. The minimum Gasteiger partial charge on any atom is -0.390 e. The summed E-state index contributed by atoms with van der Waals surface area (Å²) in [6.45, 7) is -1.20. The number of rotatable bonds is 2. The number of nitrogens with zero attached hydrogens (tertiary/aromatic N) is 1. The second-order valence-corrected chi connectivity index (χ2v) is 2.96. The number of aliphatic hydroxyl groups is 1. The zero-order valence-corrected chi connectivity index (χ0v) is 7.17. The molecule has 14 heavy (non-hydrogen) atoms. The normalized spacial score (nSPS) is 12.2. The summed E-state index contributed by atoms with van der Waals surface area (Å²) in [6.07, 6.45) is 2.69. The molecule has 0 radical (unpaired) electrons. The molecule has 0 unspecified atom stereocenters. The topological polar surface area (TPSA) is 48.9 Å². The predicted octanol–water partition coefficient (Wildman–Crippen LogP) is 1.65. The lowest BCUT2D eigenvalue weighted by molar-refractivity contribution is -0.0543. The van der Waals surface area contributed by atoms with Gasteiger partial charge in [-0.3, -0.25) is 0 Å². The third-order valence-corrected chi connectivity index (χ3v) is 2.04. The summed E-state index contributed by atoms with van der Waals surface area (Å²) in [4.78, 5) is 6.51. The average molecular weight is 198 g/mol. The maximum atomic E-state index is 13.2. The molecule has 2 N–H and O–H groups in total. The van der Waals surface area contributed by atoms with Crippen molar-refractivity contribution in [2.75, 3.05) is 6.61 Å². The fourth-order valence-corrected chi connectivity index (χ4v) is 1.34. The standard InChI is InChI=1S/C9H8F2N2O/c10-9(11,5-14)7-4-13-8-6(7)2-1-3-12-8/h1-4,14H,5H2,(H,12,13). The molecule has 0 fully saturated rings. The van der Waals surface area contributed by atoms with Crippen molar-refractivity contribution >= 4 is 11.0 Å². The third kappa shape index (κ3) is 1.26. The van der Waals surface area contributed by atoms with E-state index in [-0.39, 0.29) is 5.56 Å². The molecular formula is C9H8F2N2O. The minimum atomic E-state index is -3.22. The molecule has 0 bridgehead atoms. The van der Waals surface area contributed by atoms with Crippen molar-refractivity contribution in [2.45, 2.75) is 5.92 Å². The van der Waals surface area contributed by atoms with Crippen molar-refractivity contribution in [1.82, 2.24) is 9.97 Å². The van der Waals surface area contributed by atoms with Crippen LogP contribution in [0.15, 0.2) is 24.5 Å². The molecule has 2 aromatic heterocycles. The first kappa shape index (κ1) is 9.08. The number of nitrogens with one attached hydrogen (secondary N) is 1. The van der Waals surface area contributed by atoms with Gasteiger partial charge in [0.1, 0.15) is 12.3 Å². The van der Waals surface area contributed by atoms with Gasteiger partial charge in [0.2, 0.25) is 0 Å². The molecule has 0 aliphatic heterocycles. The Morgan fingerprint density at radius 1 is 1.50 bits per heavy atom. The van der Waals surface area contributed by atoms with E-state index in [0.717, 1.165) is 0 Å². The van der Waals surface area contributed by atoms with Gasteiger partial charge in [0, 0.05) is 17.8 Å². The van der Waals surface area contributed by atoms with Crippen LogP contribution in [-0.2, 0) is 5.92 Å². The highest BCUT2D eigenvalue weighted by molar-refractivity contribution is 5.80. The molecule has 0 aliphatic carbocycles. The molecule has 0 saturated heterocycles. The molecule has 2 rings (SSSR count). The lowest BCUT2D eigenvalue weighted by atomic mass is 10.1. The first-order valence-electron chi connectivity index (χ1n) is 4.06.